The molecule has 27 heavy (non-hydrogen) atoms. The third-order valence-electron chi connectivity index (χ3n) is 4.42. The van der Waals surface area contributed by atoms with E-state index in [4.69, 9.17) is 9.47 Å². The van der Waals surface area contributed by atoms with Gasteiger partial charge in [0.25, 0.3) is 0 Å². The number of nitrogens with zero attached hydrogens (tertiary/aromatic N) is 1. The number of ether oxygens (including phenoxy) is 2. The molecule has 1 fully saturated rings. The van der Waals surface area contributed by atoms with Crippen LogP contribution in [0.5, 0.6) is 0 Å². The molecule has 1 saturated heterocycles. The first-order valence-electron chi connectivity index (χ1n) is 8.46. The van der Waals surface area contributed by atoms with Crippen LogP contribution in [0.25, 0.3) is 0 Å². The van der Waals surface area contributed by atoms with Crippen molar-refractivity contribution >= 4 is 33.8 Å². The van der Waals surface area contributed by atoms with E-state index in [0.29, 0.717) is 0 Å². The second kappa shape index (κ2) is 7.58. The minimum absolute atomic E-state index is 0.0735. The van der Waals surface area contributed by atoms with Crippen LogP contribution in [0, 0.1) is 11.2 Å². The van der Waals surface area contributed by atoms with Crippen molar-refractivity contribution < 1.29 is 28.2 Å². The SMILES string of the molecule is COC(=O)C1(C)CN(C(=O)OC(C)(C)C)C(Cc2cccc(Br)c2F)C1=O. The van der Waals surface area contributed by atoms with Crippen LogP contribution in [0.3, 0.4) is 0 Å². The predicted molar refractivity (Wildman–Crippen MR) is 99.7 cm³/mol. The summed E-state index contributed by atoms with van der Waals surface area (Å²) in [6.07, 6.45) is -0.806. The topological polar surface area (TPSA) is 72.9 Å². The van der Waals surface area contributed by atoms with Gasteiger partial charge < -0.3 is 9.47 Å². The van der Waals surface area contributed by atoms with E-state index >= 15 is 0 Å². The number of halogens is 2. The second-order valence-electron chi connectivity index (χ2n) is 7.73. The smallest absolute Gasteiger partial charge is 0.410 e. The normalized spacial score (nSPS) is 22.7. The van der Waals surface area contributed by atoms with Gasteiger partial charge in [0.15, 0.2) is 5.78 Å². The summed E-state index contributed by atoms with van der Waals surface area (Å²) in [6.45, 7) is 6.34. The summed E-state index contributed by atoms with van der Waals surface area (Å²) < 4.78 is 24.8. The van der Waals surface area contributed by atoms with Gasteiger partial charge in [-0.1, -0.05) is 12.1 Å². The lowest BCUT2D eigenvalue weighted by molar-refractivity contribution is -0.154. The maximum absolute atomic E-state index is 14.4. The van der Waals surface area contributed by atoms with Gasteiger partial charge in [0.1, 0.15) is 16.8 Å². The van der Waals surface area contributed by atoms with E-state index in [1.165, 1.54) is 25.0 Å². The zero-order valence-corrected chi connectivity index (χ0v) is 17.6. The number of esters is 1. The fourth-order valence-corrected chi connectivity index (χ4v) is 3.47. The lowest BCUT2D eigenvalue weighted by atomic mass is 9.85. The Bertz CT molecular complexity index is 776. The first-order valence-corrected chi connectivity index (χ1v) is 9.25. The molecule has 2 atom stereocenters. The minimum Gasteiger partial charge on any atom is -0.468 e. The van der Waals surface area contributed by atoms with Crippen molar-refractivity contribution in [3.63, 3.8) is 0 Å². The van der Waals surface area contributed by atoms with Crippen molar-refractivity contribution in [1.82, 2.24) is 4.90 Å². The Hall–Kier alpha value is -1.96. The van der Waals surface area contributed by atoms with Crippen LogP contribution in [-0.2, 0) is 25.5 Å². The molecule has 2 rings (SSSR count). The van der Waals surface area contributed by atoms with E-state index in [1.807, 2.05) is 0 Å². The van der Waals surface area contributed by atoms with Crippen LogP contribution in [-0.4, -0.2) is 48.0 Å². The third-order valence-corrected chi connectivity index (χ3v) is 5.03. The molecule has 8 heteroatoms. The fourth-order valence-electron chi connectivity index (χ4n) is 3.06. The minimum atomic E-state index is -1.53. The second-order valence-corrected chi connectivity index (χ2v) is 8.58. The number of carbonyl (C=O) groups excluding carboxylic acids is 3. The number of methoxy groups -OCH3 is 1. The van der Waals surface area contributed by atoms with Crippen molar-refractivity contribution in [1.29, 1.82) is 0 Å². The molecule has 2 unspecified atom stereocenters. The summed E-state index contributed by atoms with van der Waals surface area (Å²) in [4.78, 5) is 39.1. The molecule has 1 aromatic rings. The van der Waals surface area contributed by atoms with E-state index in [9.17, 15) is 18.8 Å². The van der Waals surface area contributed by atoms with Gasteiger partial charge in [0.05, 0.1) is 17.6 Å². The van der Waals surface area contributed by atoms with Crippen LogP contribution in [0.4, 0.5) is 9.18 Å². The number of benzene rings is 1. The first-order chi connectivity index (χ1) is 12.4. The van der Waals surface area contributed by atoms with Crippen LogP contribution >= 0.6 is 15.9 Å². The van der Waals surface area contributed by atoms with Gasteiger partial charge in [-0.25, -0.2) is 9.18 Å². The van der Waals surface area contributed by atoms with Crippen molar-refractivity contribution in [2.45, 2.75) is 45.8 Å². The molecule has 0 aromatic heterocycles. The monoisotopic (exact) mass is 443 g/mol. The molecular weight excluding hydrogens is 421 g/mol. The van der Waals surface area contributed by atoms with Crippen molar-refractivity contribution in [3.05, 3.63) is 34.1 Å². The molecule has 1 amide bonds. The average Bonchev–Trinajstić information content (AvgIpc) is 2.83. The molecule has 0 aliphatic carbocycles. The van der Waals surface area contributed by atoms with Gasteiger partial charge in [-0.15, -0.1) is 0 Å². The standard InChI is InChI=1S/C19H23BrFNO5/c1-18(2,3)27-17(25)22-10-19(4,16(24)26-5)15(23)13(22)9-11-7-6-8-12(20)14(11)21/h6-8,13H,9-10H2,1-5H3. The molecule has 0 radical (unpaired) electrons. The number of ketones is 1. The number of carbonyl (C=O) groups is 3. The number of hydrogen-bond donors (Lipinski definition) is 0. The Kier molecular flexibility index (Phi) is 5.99. The predicted octanol–water partition coefficient (Wildman–Crippen LogP) is 3.50. The molecule has 1 heterocycles. The summed E-state index contributed by atoms with van der Waals surface area (Å²) in [5.41, 5.74) is -2.06. The Balaban J connectivity index is 2.42. The van der Waals surface area contributed by atoms with Crippen molar-refractivity contribution in [2.24, 2.45) is 5.41 Å². The van der Waals surface area contributed by atoms with E-state index in [0.717, 1.165) is 0 Å². The molecule has 1 aromatic carbocycles. The zero-order valence-electron chi connectivity index (χ0n) is 16.0. The summed E-state index contributed by atoms with van der Waals surface area (Å²) in [5.74, 6) is -1.75. The summed E-state index contributed by atoms with van der Waals surface area (Å²) in [7, 11) is 1.18. The molecule has 0 spiro atoms. The molecule has 148 valence electrons. The molecule has 1 aliphatic rings. The maximum atomic E-state index is 14.4. The summed E-state index contributed by atoms with van der Waals surface area (Å²) >= 11 is 3.11. The fraction of sp³-hybridized carbons (Fsp3) is 0.526. The van der Waals surface area contributed by atoms with Gasteiger partial charge in [-0.2, -0.15) is 0 Å². The Morgan fingerprint density at radius 1 is 1.37 bits per heavy atom. The number of rotatable bonds is 3. The molecule has 0 saturated carbocycles. The highest BCUT2D eigenvalue weighted by Crippen LogP contribution is 2.35. The molecule has 0 bridgehead atoms. The largest absolute Gasteiger partial charge is 0.468 e. The average molecular weight is 444 g/mol. The Morgan fingerprint density at radius 3 is 2.56 bits per heavy atom. The highest BCUT2D eigenvalue weighted by molar-refractivity contribution is 9.10. The molecule has 6 nitrogen and oxygen atoms in total. The highest BCUT2D eigenvalue weighted by Gasteiger charge is 2.56. The first kappa shape index (κ1) is 21.3. The third kappa shape index (κ3) is 4.31. The van der Waals surface area contributed by atoms with E-state index in [1.54, 1.807) is 32.9 Å². The van der Waals surface area contributed by atoms with Gasteiger partial charge >= 0.3 is 12.1 Å². The van der Waals surface area contributed by atoms with E-state index < -0.39 is 40.7 Å². The molecular formula is C19H23BrFNO5. The lowest BCUT2D eigenvalue weighted by Crippen LogP contribution is -2.42. The number of hydrogen-bond acceptors (Lipinski definition) is 5. The van der Waals surface area contributed by atoms with Crippen LogP contribution in [0.15, 0.2) is 22.7 Å². The highest BCUT2D eigenvalue weighted by atomic mass is 79.9. The quantitative estimate of drug-likeness (QED) is 0.527. The Labute approximate surface area is 166 Å². The molecule has 1 aliphatic heterocycles. The van der Waals surface area contributed by atoms with Gasteiger partial charge in [0.2, 0.25) is 0 Å². The van der Waals surface area contributed by atoms with Gasteiger partial charge in [-0.3, -0.25) is 14.5 Å². The van der Waals surface area contributed by atoms with E-state index in [-0.39, 0.29) is 23.0 Å². The van der Waals surface area contributed by atoms with E-state index in [2.05, 4.69) is 15.9 Å². The number of likely N-dealkylation sites (tertiary alicyclic amines) is 1. The lowest BCUT2D eigenvalue weighted by Gasteiger charge is -2.28. The van der Waals surface area contributed by atoms with Crippen molar-refractivity contribution in [3.8, 4) is 0 Å². The van der Waals surface area contributed by atoms with Crippen LogP contribution < -0.4 is 0 Å². The number of amides is 1. The van der Waals surface area contributed by atoms with Crippen LogP contribution in [0.2, 0.25) is 0 Å². The Morgan fingerprint density at radius 2 is 2.00 bits per heavy atom. The number of Topliss-reactive ketones (excluding diaryl/α,β-unsaturated/α-hetero) is 1. The molecule has 0 N–H and O–H groups in total. The summed E-state index contributed by atoms with van der Waals surface area (Å²) in [5, 5.41) is 0. The van der Waals surface area contributed by atoms with Gasteiger partial charge in [-0.05, 0) is 55.3 Å². The van der Waals surface area contributed by atoms with Crippen LogP contribution in [0.1, 0.15) is 33.3 Å². The zero-order chi connectivity index (χ0) is 20.6. The maximum Gasteiger partial charge on any atom is 0.410 e. The van der Waals surface area contributed by atoms with Gasteiger partial charge in [0, 0.05) is 13.0 Å². The van der Waals surface area contributed by atoms with Crippen molar-refractivity contribution in [2.75, 3.05) is 13.7 Å². The summed E-state index contributed by atoms with van der Waals surface area (Å²) in [6, 6.07) is 3.68.